The van der Waals surface area contributed by atoms with Gasteiger partial charge in [0.2, 0.25) is 0 Å². The van der Waals surface area contributed by atoms with Crippen molar-refractivity contribution in [2.75, 3.05) is 0 Å². The van der Waals surface area contributed by atoms with Crippen LogP contribution >= 0.6 is 11.5 Å². The van der Waals surface area contributed by atoms with Crippen molar-refractivity contribution in [1.29, 1.82) is 0 Å². The number of carbonyl (C=O) groups excluding carboxylic acids is 1. The molecule has 1 unspecified atom stereocenters. The van der Waals surface area contributed by atoms with E-state index in [4.69, 9.17) is 5.11 Å². The number of aryl methyl sites for hydroxylation is 1. The summed E-state index contributed by atoms with van der Waals surface area (Å²) in [6.45, 7) is 3.78. The minimum absolute atomic E-state index is 0.0522. The topological polar surface area (TPSA) is 92.2 Å². The summed E-state index contributed by atoms with van der Waals surface area (Å²) in [5.74, 6) is -0.988. The van der Waals surface area contributed by atoms with E-state index < -0.39 is 5.97 Å². The van der Waals surface area contributed by atoms with Crippen LogP contribution in [0.5, 0.6) is 0 Å². The fourth-order valence-corrected chi connectivity index (χ4v) is 2.19. The zero-order valence-corrected chi connectivity index (χ0v) is 11.3. The number of hydrogen-bond acceptors (Lipinski definition) is 5. The maximum Gasteiger partial charge on any atom is 0.303 e. The molecule has 0 radical (unpaired) electrons. The summed E-state index contributed by atoms with van der Waals surface area (Å²) < 4.78 is 3.76. The van der Waals surface area contributed by atoms with Gasteiger partial charge in [-0.15, -0.1) is 5.10 Å². The molecule has 0 bridgehead atoms. The normalized spacial score (nSPS) is 12.1. The number of rotatable bonds is 7. The summed E-state index contributed by atoms with van der Waals surface area (Å²) in [4.78, 5) is 22.8. The molecular weight excluding hydrogens is 254 g/mol. The zero-order valence-electron chi connectivity index (χ0n) is 10.5. The molecule has 0 aliphatic carbocycles. The predicted molar refractivity (Wildman–Crippen MR) is 67.7 cm³/mol. The molecule has 100 valence electrons. The smallest absolute Gasteiger partial charge is 0.303 e. The number of nitrogens with zero attached hydrogens (tertiary/aromatic N) is 2. The Labute approximate surface area is 110 Å². The van der Waals surface area contributed by atoms with Crippen molar-refractivity contribution in [3.05, 3.63) is 10.6 Å². The van der Waals surface area contributed by atoms with Gasteiger partial charge in [0.25, 0.3) is 5.91 Å². The van der Waals surface area contributed by atoms with Crippen molar-refractivity contribution in [3.8, 4) is 0 Å². The van der Waals surface area contributed by atoms with E-state index in [2.05, 4.69) is 14.9 Å². The van der Waals surface area contributed by atoms with Gasteiger partial charge in [0, 0.05) is 12.5 Å². The van der Waals surface area contributed by atoms with Gasteiger partial charge < -0.3 is 10.4 Å². The maximum atomic E-state index is 11.9. The number of amides is 1. The third kappa shape index (κ3) is 4.40. The Morgan fingerprint density at radius 2 is 2.22 bits per heavy atom. The molecule has 1 amide bonds. The standard InChI is InChI=1S/C11H17N3O3S/c1-3-8-10(18-14-13-8)11(17)12-7(2)5-4-6-9(15)16/h7H,3-6H2,1-2H3,(H,12,17)(H,15,16). The van der Waals surface area contributed by atoms with Crippen LogP contribution in [0.1, 0.15) is 48.5 Å². The second-order valence-electron chi connectivity index (χ2n) is 4.06. The van der Waals surface area contributed by atoms with E-state index in [-0.39, 0.29) is 18.4 Å². The van der Waals surface area contributed by atoms with Gasteiger partial charge in [0.15, 0.2) is 0 Å². The van der Waals surface area contributed by atoms with Crippen LogP contribution in [0.4, 0.5) is 0 Å². The lowest BCUT2D eigenvalue weighted by molar-refractivity contribution is -0.137. The molecule has 1 rings (SSSR count). The van der Waals surface area contributed by atoms with Crippen LogP contribution < -0.4 is 5.32 Å². The molecule has 18 heavy (non-hydrogen) atoms. The van der Waals surface area contributed by atoms with E-state index in [1.165, 1.54) is 0 Å². The fraction of sp³-hybridized carbons (Fsp3) is 0.636. The number of aliphatic carboxylic acids is 1. The van der Waals surface area contributed by atoms with Crippen LogP contribution in [0.25, 0.3) is 0 Å². The molecule has 1 heterocycles. The molecule has 0 aliphatic heterocycles. The molecule has 0 spiro atoms. The maximum absolute atomic E-state index is 11.9. The largest absolute Gasteiger partial charge is 0.481 e. The molecule has 2 N–H and O–H groups in total. The Hall–Kier alpha value is -1.50. The first-order chi connectivity index (χ1) is 8.54. The molecule has 1 aromatic heterocycles. The first-order valence-electron chi connectivity index (χ1n) is 5.88. The Balaban J connectivity index is 2.42. The minimum atomic E-state index is -0.812. The molecular formula is C11H17N3O3S. The Bertz CT molecular complexity index is 419. The van der Waals surface area contributed by atoms with Crippen LogP contribution in [-0.2, 0) is 11.2 Å². The average Bonchev–Trinajstić information content (AvgIpc) is 2.76. The summed E-state index contributed by atoms with van der Waals surface area (Å²) in [5, 5.41) is 15.2. The molecule has 6 nitrogen and oxygen atoms in total. The van der Waals surface area contributed by atoms with Crippen molar-refractivity contribution in [2.24, 2.45) is 0 Å². The van der Waals surface area contributed by atoms with Crippen LogP contribution in [0, 0.1) is 0 Å². The Morgan fingerprint density at radius 1 is 1.50 bits per heavy atom. The van der Waals surface area contributed by atoms with E-state index >= 15 is 0 Å². The van der Waals surface area contributed by atoms with E-state index in [0.29, 0.717) is 29.8 Å². The van der Waals surface area contributed by atoms with Gasteiger partial charge in [-0.05, 0) is 37.7 Å². The summed E-state index contributed by atoms with van der Waals surface area (Å²) in [6.07, 6.45) is 2.00. The summed E-state index contributed by atoms with van der Waals surface area (Å²) in [5.41, 5.74) is 0.704. The number of carboxylic acids is 1. The van der Waals surface area contributed by atoms with Gasteiger partial charge in [-0.1, -0.05) is 11.4 Å². The van der Waals surface area contributed by atoms with Gasteiger partial charge >= 0.3 is 5.97 Å². The average molecular weight is 271 g/mol. The van der Waals surface area contributed by atoms with Gasteiger partial charge in [-0.25, -0.2) is 0 Å². The van der Waals surface area contributed by atoms with Gasteiger partial charge in [-0.3, -0.25) is 9.59 Å². The van der Waals surface area contributed by atoms with Crippen molar-refractivity contribution < 1.29 is 14.7 Å². The van der Waals surface area contributed by atoms with Crippen molar-refractivity contribution >= 4 is 23.4 Å². The second kappa shape index (κ2) is 7.05. The molecule has 7 heteroatoms. The predicted octanol–water partition coefficient (Wildman–Crippen LogP) is 1.47. The lowest BCUT2D eigenvalue weighted by atomic mass is 10.1. The molecule has 1 atom stereocenters. The van der Waals surface area contributed by atoms with Crippen LogP contribution in [0.15, 0.2) is 0 Å². The van der Waals surface area contributed by atoms with Crippen LogP contribution in [0.3, 0.4) is 0 Å². The highest BCUT2D eigenvalue weighted by Crippen LogP contribution is 2.11. The SMILES string of the molecule is CCc1nnsc1C(=O)NC(C)CCCC(=O)O. The van der Waals surface area contributed by atoms with E-state index in [1.54, 1.807) is 0 Å². The van der Waals surface area contributed by atoms with Gasteiger partial charge in [0.1, 0.15) is 4.88 Å². The molecule has 0 aromatic carbocycles. The van der Waals surface area contributed by atoms with Crippen molar-refractivity contribution in [3.63, 3.8) is 0 Å². The molecule has 0 saturated carbocycles. The van der Waals surface area contributed by atoms with E-state index in [0.717, 1.165) is 11.5 Å². The van der Waals surface area contributed by atoms with E-state index in [1.807, 2.05) is 13.8 Å². The number of carbonyl (C=O) groups is 2. The minimum Gasteiger partial charge on any atom is -0.481 e. The lowest BCUT2D eigenvalue weighted by Gasteiger charge is -2.12. The number of hydrogen-bond donors (Lipinski definition) is 2. The monoisotopic (exact) mass is 271 g/mol. The third-order valence-electron chi connectivity index (χ3n) is 2.50. The van der Waals surface area contributed by atoms with Gasteiger partial charge in [-0.2, -0.15) is 0 Å². The molecule has 0 aliphatic rings. The summed E-state index contributed by atoms with van der Waals surface area (Å²) >= 11 is 1.09. The summed E-state index contributed by atoms with van der Waals surface area (Å²) in [7, 11) is 0. The number of aromatic nitrogens is 2. The van der Waals surface area contributed by atoms with Crippen LogP contribution in [-0.4, -0.2) is 32.6 Å². The first kappa shape index (κ1) is 14.6. The first-order valence-corrected chi connectivity index (χ1v) is 6.65. The lowest BCUT2D eigenvalue weighted by Crippen LogP contribution is -2.32. The Kier molecular flexibility index (Phi) is 5.70. The highest BCUT2D eigenvalue weighted by molar-refractivity contribution is 7.08. The van der Waals surface area contributed by atoms with Crippen LogP contribution in [0.2, 0.25) is 0 Å². The quantitative estimate of drug-likeness (QED) is 0.783. The molecule has 0 fully saturated rings. The Morgan fingerprint density at radius 3 is 2.83 bits per heavy atom. The van der Waals surface area contributed by atoms with Gasteiger partial charge in [0.05, 0.1) is 5.69 Å². The molecule has 1 aromatic rings. The zero-order chi connectivity index (χ0) is 13.5. The molecule has 0 saturated heterocycles. The van der Waals surface area contributed by atoms with Crippen molar-refractivity contribution in [1.82, 2.24) is 14.9 Å². The number of carboxylic acid groups (broad SMARTS) is 1. The highest BCUT2D eigenvalue weighted by atomic mass is 32.1. The van der Waals surface area contributed by atoms with Crippen molar-refractivity contribution in [2.45, 2.75) is 45.6 Å². The second-order valence-corrected chi connectivity index (χ2v) is 4.82. The fourth-order valence-electron chi connectivity index (χ4n) is 1.53. The van der Waals surface area contributed by atoms with E-state index in [9.17, 15) is 9.59 Å². The third-order valence-corrected chi connectivity index (χ3v) is 3.27. The highest BCUT2D eigenvalue weighted by Gasteiger charge is 2.16. The number of nitrogens with one attached hydrogen (secondary N) is 1. The summed E-state index contributed by atoms with van der Waals surface area (Å²) in [6, 6.07) is -0.0522.